The SMILES string of the molecule is O=C(CN1C(=O)C(=NCC(F)(F)c2ccccn2)NC1(O)C(=O)O)NCc1ncccc1F. The molecule has 0 spiro atoms. The summed E-state index contributed by atoms with van der Waals surface area (Å²) in [7, 11) is 0. The Morgan fingerprint density at radius 1 is 1.21 bits per heavy atom. The molecule has 0 saturated carbocycles. The summed E-state index contributed by atoms with van der Waals surface area (Å²) in [6, 6.07) is 6.22. The highest BCUT2D eigenvalue weighted by molar-refractivity contribution is 6.41. The third-order valence-corrected chi connectivity index (χ3v) is 4.49. The minimum atomic E-state index is -3.60. The van der Waals surface area contributed by atoms with Crippen molar-refractivity contribution in [2.75, 3.05) is 13.1 Å². The van der Waals surface area contributed by atoms with E-state index in [0.717, 1.165) is 18.3 Å². The van der Waals surface area contributed by atoms with E-state index in [9.17, 15) is 37.8 Å². The Labute approximate surface area is 184 Å². The van der Waals surface area contributed by atoms with Crippen molar-refractivity contribution in [2.45, 2.75) is 18.3 Å². The summed E-state index contributed by atoms with van der Waals surface area (Å²) in [6.45, 7) is -2.67. The Morgan fingerprint density at radius 3 is 2.58 bits per heavy atom. The predicted octanol–water partition coefficient (Wildman–Crippen LogP) is -0.415. The molecule has 4 N–H and O–H groups in total. The second-order valence-electron chi connectivity index (χ2n) is 6.79. The first-order chi connectivity index (χ1) is 15.5. The van der Waals surface area contributed by atoms with Gasteiger partial charge in [0, 0.05) is 12.4 Å². The number of pyridine rings is 2. The summed E-state index contributed by atoms with van der Waals surface area (Å²) in [5.41, 5.74) is -0.754. The molecule has 174 valence electrons. The van der Waals surface area contributed by atoms with Crippen molar-refractivity contribution >= 4 is 23.6 Å². The number of aromatic nitrogens is 2. The van der Waals surface area contributed by atoms with Gasteiger partial charge in [-0.1, -0.05) is 6.07 Å². The first-order valence-corrected chi connectivity index (χ1v) is 9.30. The summed E-state index contributed by atoms with van der Waals surface area (Å²) < 4.78 is 42.2. The first-order valence-electron chi connectivity index (χ1n) is 9.30. The van der Waals surface area contributed by atoms with Gasteiger partial charge in [-0.15, -0.1) is 0 Å². The predicted molar refractivity (Wildman–Crippen MR) is 104 cm³/mol. The third kappa shape index (κ3) is 5.06. The maximum absolute atomic E-state index is 14.3. The maximum Gasteiger partial charge on any atom is 0.380 e. The summed E-state index contributed by atoms with van der Waals surface area (Å²) in [5.74, 6) is -12.6. The molecule has 0 aromatic carbocycles. The number of carbonyl (C=O) groups is 3. The number of amides is 2. The van der Waals surface area contributed by atoms with E-state index in [4.69, 9.17) is 0 Å². The molecule has 3 heterocycles. The topological polar surface area (TPSA) is 157 Å². The minimum Gasteiger partial charge on any atom is -0.476 e. The van der Waals surface area contributed by atoms with Gasteiger partial charge < -0.3 is 20.8 Å². The lowest BCUT2D eigenvalue weighted by molar-refractivity contribution is -0.184. The highest BCUT2D eigenvalue weighted by Crippen LogP contribution is 2.27. The molecule has 0 aliphatic carbocycles. The van der Waals surface area contributed by atoms with E-state index >= 15 is 0 Å². The van der Waals surface area contributed by atoms with Crippen LogP contribution in [-0.4, -0.2) is 67.6 Å². The Balaban J connectivity index is 1.73. The van der Waals surface area contributed by atoms with Crippen molar-refractivity contribution in [3.05, 3.63) is 59.9 Å². The van der Waals surface area contributed by atoms with E-state index in [1.165, 1.54) is 24.4 Å². The van der Waals surface area contributed by atoms with Crippen LogP contribution in [0.15, 0.2) is 47.7 Å². The lowest BCUT2D eigenvalue weighted by atomic mass is 10.2. The van der Waals surface area contributed by atoms with Gasteiger partial charge in [0.2, 0.25) is 5.91 Å². The molecule has 1 unspecified atom stereocenters. The van der Waals surface area contributed by atoms with Crippen molar-refractivity contribution in [1.29, 1.82) is 0 Å². The molecule has 2 amide bonds. The fourth-order valence-corrected chi connectivity index (χ4v) is 2.79. The van der Waals surface area contributed by atoms with Gasteiger partial charge in [-0.3, -0.25) is 29.4 Å². The summed E-state index contributed by atoms with van der Waals surface area (Å²) >= 11 is 0. The van der Waals surface area contributed by atoms with Crippen LogP contribution in [0.4, 0.5) is 13.2 Å². The van der Waals surface area contributed by atoms with Gasteiger partial charge in [-0.05, 0) is 24.3 Å². The van der Waals surface area contributed by atoms with Crippen LogP contribution in [0.5, 0.6) is 0 Å². The number of aliphatic imine (C=N–C) groups is 1. The fourth-order valence-electron chi connectivity index (χ4n) is 2.79. The number of carbonyl (C=O) groups excluding carboxylic acids is 2. The van der Waals surface area contributed by atoms with Crippen molar-refractivity contribution < 1.29 is 37.8 Å². The van der Waals surface area contributed by atoms with Gasteiger partial charge in [-0.25, -0.2) is 9.18 Å². The molecule has 1 fully saturated rings. The standard InChI is InChI=1S/C19H17F3N6O5/c20-11-4-3-7-23-12(11)8-25-14(29)9-28-16(30)15(27-19(28,33)17(31)32)26-10-18(21,22)13-5-1-2-6-24-13/h1-7,33H,8-10H2,(H,25,29)(H,26,27)(H,31,32). The number of alkyl halides is 2. The third-order valence-electron chi connectivity index (χ3n) is 4.49. The number of rotatable bonds is 8. The number of aliphatic hydroxyl groups is 1. The van der Waals surface area contributed by atoms with E-state index in [1.54, 1.807) is 0 Å². The minimum absolute atomic E-state index is 0.121. The zero-order valence-corrected chi connectivity index (χ0v) is 16.7. The highest BCUT2D eigenvalue weighted by Gasteiger charge is 2.55. The van der Waals surface area contributed by atoms with Crippen LogP contribution in [0.25, 0.3) is 0 Å². The Kier molecular flexibility index (Phi) is 6.57. The molecule has 1 aliphatic heterocycles. The molecule has 1 atom stereocenters. The normalized spacial score (nSPS) is 19.5. The van der Waals surface area contributed by atoms with E-state index in [0.29, 0.717) is 0 Å². The first kappa shape index (κ1) is 23.6. The van der Waals surface area contributed by atoms with E-state index in [-0.39, 0.29) is 17.1 Å². The van der Waals surface area contributed by atoms with Crippen LogP contribution in [-0.2, 0) is 26.9 Å². The number of carboxylic acids is 1. The van der Waals surface area contributed by atoms with Crippen molar-refractivity contribution in [1.82, 2.24) is 25.5 Å². The van der Waals surface area contributed by atoms with Crippen molar-refractivity contribution in [3.63, 3.8) is 0 Å². The van der Waals surface area contributed by atoms with Crippen LogP contribution < -0.4 is 10.6 Å². The second-order valence-corrected chi connectivity index (χ2v) is 6.79. The molecular formula is C19H17F3N6O5. The number of nitrogens with zero attached hydrogens (tertiary/aromatic N) is 4. The Hall–Kier alpha value is -4.07. The Bertz CT molecular complexity index is 1100. The van der Waals surface area contributed by atoms with Crippen LogP contribution in [0.2, 0.25) is 0 Å². The molecule has 2 aromatic heterocycles. The quantitative estimate of drug-likeness (QED) is 0.409. The Morgan fingerprint density at radius 2 is 1.94 bits per heavy atom. The average molecular weight is 466 g/mol. The summed E-state index contributed by atoms with van der Waals surface area (Å²) in [4.78, 5) is 47.1. The number of hydrogen-bond donors (Lipinski definition) is 4. The monoisotopic (exact) mass is 466 g/mol. The molecule has 1 saturated heterocycles. The number of amidine groups is 1. The van der Waals surface area contributed by atoms with Crippen molar-refractivity contribution in [2.24, 2.45) is 4.99 Å². The number of carboxylic acid groups (broad SMARTS) is 1. The zero-order chi connectivity index (χ0) is 24.2. The van der Waals surface area contributed by atoms with Crippen LogP contribution in [0.3, 0.4) is 0 Å². The second kappa shape index (κ2) is 9.20. The average Bonchev–Trinajstić information content (AvgIpc) is 3.03. The molecule has 0 radical (unpaired) electrons. The lowest BCUT2D eigenvalue weighted by Crippen LogP contribution is -2.60. The zero-order valence-electron chi connectivity index (χ0n) is 16.7. The molecule has 2 aromatic rings. The van der Waals surface area contributed by atoms with Gasteiger partial charge >= 0.3 is 17.7 Å². The highest BCUT2D eigenvalue weighted by atomic mass is 19.3. The molecule has 11 nitrogen and oxygen atoms in total. The smallest absolute Gasteiger partial charge is 0.380 e. The fraction of sp³-hybridized carbons (Fsp3) is 0.263. The molecule has 3 rings (SSSR count). The summed E-state index contributed by atoms with van der Waals surface area (Å²) in [5, 5.41) is 23.8. The summed E-state index contributed by atoms with van der Waals surface area (Å²) in [6.07, 6.45) is 2.42. The van der Waals surface area contributed by atoms with Crippen LogP contribution in [0.1, 0.15) is 11.4 Å². The van der Waals surface area contributed by atoms with Crippen molar-refractivity contribution in [3.8, 4) is 0 Å². The lowest BCUT2D eigenvalue weighted by Gasteiger charge is -2.27. The van der Waals surface area contributed by atoms with E-state index in [1.807, 2.05) is 5.32 Å². The van der Waals surface area contributed by atoms with E-state index < -0.39 is 60.0 Å². The number of nitrogens with one attached hydrogen (secondary N) is 2. The van der Waals surface area contributed by atoms with Gasteiger partial charge in [0.15, 0.2) is 5.84 Å². The van der Waals surface area contributed by atoms with Gasteiger partial charge in [-0.2, -0.15) is 8.78 Å². The molecule has 0 bridgehead atoms. The molecular weight excluding hydrogens is 449 g/mol. The molecule has 33 heavy (non-hydrogen) atoms. The van der Waals surface area contributed by atoms with Crippen LogP contribution >= 0.6 is 0 Å². The maximum atomic E-state index is 14.3. The number of halogens is 3. The van der Waals surface area contributed by atoms with Gasteiger partial charge in [0.25, 0.3) is 5.91 Å². The van der Waals surface area contributed by atoms with Gasteiger partial charge in [0.05, 0.1) is 12.2 Å². The largest absolute Gasteiger partial charge is 0.476 e. The molecule has 1 aliphatic rings. The van der Waals surface area contributed by atoms with E-state index in [2.05, 4.69) is 20.3 Å². The molecule has 14 heteroatoms. The number of hydrogen-bond acceptors (Lipinski definition) is 7. The number of aliphatic carboxylic acids is 1. The van der Waals surface area contributed by atoms with Gasteiger partial charge in [0.1, 0.15) is 24.6 Å². The van der Waals surface area contributed by atoms with Crippen LogP contribution in [0, 0.1) is 5.82 Å².